The highest BCUT2D eigenvalue weighted by Gasteiger charge is 2.48. The van der Waals surface area contributed by atoms with Crippen LogP contribution < -0.4 is 0 Å². The van der Waals surface area contributed by atoms with Gasteiger partial charge in [-0.1, -0.05) is 41.5 Å². The van der Waals surface area contributed by atoms with E-state index in [2.05, 4.69) is 64.0 Å². The molecule has 2 heterocycles. The van der Waals surface area contributed by atoms with Gasteiger partial charge in [-0.25, -0.2) is 0 Å². The van der Waals surface area contributed by atoms with Crippen molar-refractivity contribution in [2.24, 2.45) is 15.8 Å². The summed E-state index contributed by atoms with van der Waals surface area (Å²) in [5.41, 5.74) is 0.494. The van der Waals surface area contributed by atoms with Gasteiger partial charge in [-0.05, 0) is 17.4 Å². The van der Waals surface area contributed by atoms with Crippen LogP contribution in [0.25, 0.3) is 0 Å². The summed E-state index contributed by atoms with van der Waals surface area (Å²) in [6, 6.07) is 0. The zero-order chi connectivity index (χ0) is 13.1. The second-order valence-electron chi connectivity index (χ2n) is 6.90. The lowest BCUT2D eigenvalue weighted by Crippen LogP contribution is -2.40. The Bertz CT molecular complexity index is 472. The Kier molecular flexibility index (Phi) is 2.26. The van der Waals surface area contributed by atoms with E-state index in [-0.39, 0.29) is 10.8 Å². The van der Waals surface area contributed by atoms with E-state index in [1.165, 1.54) is 0 Å². The molecule has 0 bridgehead atoms. The first-order valence-electron chi connectivity index (χ1n) is 5.97. The first-order chi connectivity index (χ1) is 7.57. The van der Waals surface area contributed by atoms with Crippen LogP contribution in [-0.4, -0.2) is 25.9 Å². The summed E-state index contributed by atoms with van der Waals surface area (Å²) in [6.07, 6.45) is 0. The van der Waals surface area contributed by atoms with Gasteiger partial charge in [0, 0.05) is 10.8 Å². The largest absolute Gasteiger partial charge is 0.255 e. The van der Waals surface area contributed by atoms with Gasteiger partial charge < -0.3 is 0 Å². The van der Waals surface area contributed by atoms with Crippen LogP contribution in [0.2, 0.25) is 0 Å². The lowest BCUT2D eigenvalue weighted by atomic mass is 9.82. The van der Waals surface area contributed by atoms with E-state index in [4.69, 9.17) is 4.99 Å². The van der Waals surface area contributed by atoms with Crippen LogP contribution in [0, 0.1) is 10.8 Å². The third-order valence-electron chi connectivity index (χ3n) is 3.55. The third kappa shape index (κ3) is 1.59. The molecule has 0 N–H and O–H groups in total. The van der Waals surface area contributed by atoms with Gasteiger partial charge in [0.25, 0.3) is 0 Å². The lowest BCUT2D eigenvalue weighted by Gasteiger charge is -2.35. The van der Waals surface area contributed by atoms with Crippen molar-refractivity contribution in [3.63, 3.8) is 0 Å². The standard InChI is InChI=1S/C12H21N5/c1-10(2,3)8-9-14-15-16-17(9)12(7,13-8)11(4,5)6/h1-7H3. The second kappa shape index (κ2) is 3.15. The SMILES string of the molecule is CC(C)(C)C1=NC(C)(C(C)(C)C)n2nnnc21. The molecule has 1 unspecified atom stereocenters. The van der Waals surface area contributed by atoms with Gasteiger partial charge in [-0.15, -0.1) is 5.10 Å². The monoisotopic (exact) mass is 235 g/mol. The number of tetrazole rings is 1. The number of aromatic nitrogens is 4. The molecule has 0 amide bonds. The predicted octanol–water partition coefficient (Wildman–Crippen LogP) is 2.24. The summed E-state index contributed by atoms with van der Waals surface area (Å²) in [7, 11) is 0. The van der Waals surface area contributed by atoms with Crippen molar-refractivity contribution in [2.45, 2.75) is 54.1 Å². The Morgan fingerprint density at radius 3 is 2.12 bits per heavy atom. The molecule has 0 fully saturated rings. The van der Waals surface area contributed by atoms with Gasteiger partial charge in [0.15, 0.2) is 11.5 Å². The van der Waals surface area contributed by atoms with Crippen molar-refractivity contribution in [1.82, 2.24) is 20.2 Å². The highest BCUT2D eigenvalue weighted by atomic mass is 15.6. The second-order valence-corrected chi connectivity index (χ2v) is 6.90. The van der Waals surface area contributed by atoms with Crippen LogP contribution in [0.5, 0.6) is 0 Å². The van der Waals surface area contributed by atoms with Gasteiger partial charge >= 0.3 is 0 Å². The molecule has 0 saturated carbocycles. The van der Waals surface area contributed by atoms with E-state index in [0.29, 0.717) is 0 Å². The van der Waals surface area contributed by atoms with Crippen LogP contribution in [-0.2, 0) is 5.66 Å². The van der Waals surface area contributed by atoms with Gasteiger partial charge in [-0.2, -0.15) is 4.68 Å². The summed E-state index contributed by atoms with van der Waals surface area (Å²) < 4.78 is 1.85. The molecule has 2 rings (SSSR count). The van der Waals surface area contributed by atoms with Gasteiger partial charge in [-0.3, -0.25) is 4.99 Å². The van der Waals surface area contributed by atoms with Crippen LogP contribution in [0.1, 0.15) is 54.3 Å². The van der Waals surface area contributed by atoms with Crippen molar-refractivity contribution in [2.75, 3.05) is 0 Å². The van der Waals surface area contributed by atoms with Crippen molar-refractivity contribution >= 4 is 5.71 Å². The quantitative estimate of drug-likeness (QED) is 0.693. The van der Waals surface area contributed by atoms with E-state index < -0.39 is 5.66 Å². The number of aliphatic imine (C=N–C) groups is 1. The van der Waals surface area contributed by atoms with Crippen LogP contribution in [0.4, 0.5) is 0 Å². The first kappa shape index (κ1) is 12.2. The minimum Gasteiger partial charge on any atom is -0.255 e. The van der Waals surface area contributed by atoms with Crippen molar-refractivity contribution < 1.29 is 0 Å². The van der Waals surface area contributed by atoms with Crippen molar-refractivity contribution in [1.29, 1.82) is 0 Å². The number of rotatable bonds is 0. The highest BCUT2D eigenvalue weighted by molar-refractivity contribution is 6.02. The third-order valence-corrected chi connectivity index (χ3v) is 3.55. The van der Waals surface area contributed by atoms with Crippen LogP contribution in [0.15, 0.2) is 4.99 Å². The number of nitrogens with zero attached hydrogens (tertiary/aromatic N) is 5. The molecule has 0 aliphatic carbocycles. The van der Waals surface area contributed by atoms with Gasteiger partial charge in [0.05, 0.1) is 5.71 Å². The highest BCUT2D eigenvalue weighted by Crippen LogP contribution is 2.43. The van der Waals surface area contributed by atoms with E-state index in [1.54, 1.807) is 0 Å². The zero-order valence-corrected chi connectivity index (χ0v) is 11.7. The van der Waals surface area contributed by atoms with Gasteiger partial charge in [0.2, 0.25) is 0 Å². The average molecular weight is 235 g/mol. The maximum Gasteiger partial charge on any atom is 0.198 e. The van der Waals surface area contributed by atoms with Crippen molar-refractivity contribution in [3.8, 4) is 0 Å². The minimum absolute atomic E-state index is 0.0376. The fourth-order valence-electron chi connectivity index (χ4n) is 1.93. The molecule has 0 radical (unpaired) electrons. The Balaban J connectivity index is 2.66. The summed E-state index contributed by atoms with van der Waals surface area (Å²) in [5, 5.41) is 12.0. The van der Waals surface area contributed by atoms with E-state index in [0.717, 1.165) is 11.5 Å². The first-order valence-corrected chi connectivity index (χ1v) is 5.97. The van der Waals surface area contributed by atoms with Gasteiger partial charge in [0.1, 0.15) is 0 Å². The van der Waals surface area contributed by atoms with E-state index in [1.807, 2.05) is 4.68 Å². The van der Waals surface area contributed by atoms with E-state index >= 15 is 0 Å². The minimum atomic E-state index is -0.408. The van der Waals surface area contributed by atoms with Crippen molar-refractivity contribution in [3.05, 3.63) is 5.82 Å². The number of hydrogen-bond donors (Lipinski definition) is 0. The molecule has 1 aromatic rings. The Morgan fingerprint density at radius 1 is 1.06 bits per heavy atom. The maximum absolute atomic E-state index is 4.91. The van der Waals surface area contributed by atoms with Crippen LogP contribution >= 0.6 is 0 Å². The smallest absolute Gasteiger partial charge is 0.198 e. The molecule has 17 heavy (non-hydrogen) atoms. The molecule has 1 aromatic heterocycles. The molecule has 1 aliphatic rings. The molecular formula is C12H21N5. The number of fused-ring (bicyclic) bond motifs is 1. The molecule has 1 atom stereocenters. The molecule has 0 saturated heterocycles. The maximum atomic E-state index is 4.91. The molecule has 0 spiro atoms. The fourth-order valence-corrected chi connectivity index (χ4v) is 1.93. The Morgan fingerprint density at radius 2 is 1.65 bits per heavy atom. The number of hydrogen-bond acceptors (Lipinski definition) is 4. The normalized spacial score (nSPS) is 24.8. The molecule has 1 aliphatic heterocycles. The summed E-state index contributed by atoms with van der Waals surface area (Å²) in [4.78, 5) is 4.91. The Hall–Kier alpha value is -1.26. The van der Waals surface area contributed by atoms with E-state index in [9.17, 15) is 0 Å². The topological polar surface area (TPSA) is 56.0 Å². The summed E-state index contributed by atoms with van der Waals surface area (Å²) >= 11 is 0. The zero-order valence-electron chi connectivity index (χ0n) is 11.7. The molecule has 5 nitrogen and oxygen atoms in total. The molecule has 94 valence electrons. The molecular weight excluding hydrogens is 214 g/mol. The van der Waals surface area contributed by atoms with Crippen LogP contribution in [0.3, 0.4) is 0 Å². The summed E-state index contributed by atoms with van der Waals surface area (Å²) in [6.45, 7) is 15.0. The predicted molar refractivity (Wildman–Crippen MR) is 66.9 cm³/mol. The average Bonchev–Trinajstić information content (AvgIpc) is 2.65. The molecule has 5 heteroatoms. The Labute approximate surface area is 102 Å². The summed E-state index contributed by atoms with van der Waals surface area (Å²) in [5.74, 6) is 0.801. The molecule has 0 aromatic carbocycles. The fraction of sp³-hybridized carbons (Fsp3) is 0.833. The lowest BCUT2D eigenvalue weighted by molar-refractivity contribution is 0.117.